The van der Waals surface area contributed by atoms with Crippen LogP contribution in [0.15, 0.2) is 0 Å². The van der Waals surface area contributed by atoms with E-state index in [1.54, 1.807) is 16.7 Å². The monoisotopic (exact) mass is 331 g/mol. The Labute approximate surface area is 137 Å². The van der Waals surface area contributed by atoms with E-state index in [0.717, 1.165) is 42.8 Å². The molecule has 0 bridgehead atoms. The lowest BCUT2D eigenvalue weighted by atomic mass is 10.0. The molecule has 0 unspecified atom stereocenters. The lowest BCUT2D eigenvalue weighted by molar-refractivity contribution is 0.0751. The van der Waals surface area contributed by atoms with Crippen LogP contribution in [0.1, 0.15) is 33.6 Å². The molecule has 0 N–H and O–H groups in total. The molecular formula is C14H25N3O2S2. The van der Waals surface area contributed by atoms with Gasteiger partial charge in [-0.15, -0.1) is 0 Å². The number of thiocarbonyl (C=S) groups is 1. The van der Waals surface area contributed by atoms with Crippen LogP contribution in [-0.4, -0.2) is 69.4 Å². The predicted molar refractivity (Wildman–Crippen MR) is 90.4 cm³/mol. The van der Waals surface area contributed by atoms with Crippen LogP contribution in [0.4, 0.5) is 4.79 Å². The summed E-state index contributed by atoms with van der Waals surface area (Å²) in [6, 6.07) is 0.972. The average Bonchev–Trinajstić information content (AvgIpc) is 2.48. The van der Waals surface area contributed by atoms with Gasteiger partial charge in [0.05, 0.1) is 19.2 Å². The zero-order valence-electron chi connectivity index (χ0n) is 13.1. The van der Waals surface area contributed by atoms with Crippen LogP contribution in [0, 0.1) is 0 Å². The topological polar surface area (TPSA) is 36.0 Å². The number of nitrogens with zero attached hydrogens (tertiary/aromatic N) is 3. The van der Waals surface area contributed by atoms with E-state index >= 15 is 0 Å². The third-order valence-corrected chi connectivity index (χ3v) is 5.61. The summed E-state index contributed by atoms with van der Waals surface area (Å²) in [7, 11) is 0. The number of carbonyl (C=O) groups excluding carboxylic acids is 1. The molecule has 0 aliphatic carbocycles. The van der Waals surface area contributed by atoms with Crippen molar-refractivity contribution in [3.8, 4) is 0 Å². The highest BCUT2D eigenvalue weighted by Gasteiger charge is 2.32. The van der Waals surface area contributed by atoms with Gasteiger partial charge in [0.2, 0.25) is 0 Å². The molecular weight excluding hydrogens is 306 g/mol. The van der Waals surface area contributed by atoms with Crippen molar-refractivity contribution in [1.82, 2.24) is 14.7 Å². The third kappa shape index (κ3) is 4.23. The van der Waals surface area contributed by atoms with Gasteiger partial charge >= 0.3 is 6.09 Å². The van der Waals surface area contributed by atoms with Gasteiger partial charge < -0.3 is 14.5 Å². The Morgan fingerprint density at radius 3 is 2.67 bits per heavy atom. The second-order valence-corrected chi connectivity index (χ2v) is 7.33. The number of hydrogen-bond acceptors (Lipinski definition) is 5. The third-order valence-electron chi connectivity index (χ3n) is 4.08. The number of hydrogen-bond donors (Lipinski definition) is 0. The molecule has 2 heterocycles. The van der Waals surface area contributed by atoms with Crippen molar-refractivity contribution in [1.29, 1.82) is 0 Å². The Morgan fingerprint density at radius 1 is 1.43 bits per heavy atom. The first-order valence-corrected chi connectivity index (χ1v) is 9.01. The van der Waals surface area contributed by atoms with Gasteiger partial charge in [-0.2, -0.15) is 0 Å². The molecule has 2 saturated heterocycles. The maximum Gasteiger partial charge on any atom is 0.409 e. The van der Waals surface area contributed by atoms with E-state index < -0.39 is 0 Å². The van der Waals surface area contributed by atoms with Crippen molar-refractivity contribution >= 4 is 34.4 Å². The lowest BCUT2D eigenvalue weighted by Gasteiger charge is -2.45. The average molecular weight is 332 g/mol. The van der Waals surface area contributed by atoms with Gasteiger partial charge in [-0.3, -0.25) is 4.90 Å². The quantitative estimate of drug-likeness (QED) is 0.740. The Morgan fingerprint density at radius 2 is 2.10 bits per heavy atom. The first kappa shape index (κ1) is 16.8. The fourth-order valence-electron chi connectivity index (χ4n) is 2.67. The summed E-state index contributed by atoms with van der Waals surface area (Å²) in [4.78, 5) is 18.3. The van der Waals surface area contributed by atoms with E-state index in [0.29, 0.717) is 18.7 Å². The zero-order valence-corrected chi connectivity index (χ0v) is 14.7. The number of amides is 1. The molecule has 1 amide bonds. The van der Waals surface area contributed by atoms with Gasteiger partial charge in [0.25, 0.3) is 0 Å². The van der Waals surface area contributed by atoms with E-state index in [1.807, 2.05) is 6.92 Å². The maximum absolute atomic E-state index is 11.7. The highest BCUT2D eigenvalue weighted by molar-refractivity contribution is 8.22. The summed E-state index contributed by atoms with van der Waals surface area (Å²) in [5.74, 6) is 0.981. The first-order chi connectivity index (χ1) is 10.0. The van der Waals surface area contributed by atoms with Gasteiger partial charge in [0.1, 0.15) is 4.32 Å². The van der Waals surface area contributed by atoms with Gasteiger partial charge in [0, 0.05) is 25.2 Å². The Bertz CT molecular complexity index is 384. The largest absolute Gasteiger partial charge is 0.450 e. The standard InChI is InChI=1S/C14H25N3O2S2/c1-4-19-13(18)15-7-5-12(6-8-15)17-9-16(11(2)3)10-21-14(17)20/h11-12H,4-10H2,1-3H3. The van der Waals surface area contributed by atoms with Crippen LogP contribution < -0.4 is 0 Å². The lowest BCUT2D eigenvalue weighted by Crippen LogP contribution is -2.54. The van der Waals surface area contributed by atoms with Crippen molar-refractivity contribution in [2.24, 2.45) is 0 Å². The van der Waals surface area contributed by atoms with E-state index in [4.69, 9.17) is 17.0 Å². The van der Waals surface area contributed by atoms with Crippen LogP contribution in [0.3, 0.4) is 0 Å². The normalized spacial score (nSPS) is 22.0. The highest BCUT2D eigenvalue weighted by Crippen LogP contribution is 2.27. The minimum Gasteiger partial charge on any atom is -0.450 e. The van der Waals surface area contributed by atoms with Crippen molar-refractivity contribution in [2.75, 3.05) is 32.2 Å². The van der Waals surface area contributed by atoms with E-state index in [9.17, 15) is 4.79 Å². The summed E-state index contributed by atoms with van der Waals surface area (Å²) in [5, 5.41) is 0. The number of rotatable bonds is 3. The van der Waals surface area contributed by atoms with E-state index in [-0.39, 0.29) is 6.09 Å². The predicted octanol–water partition coefficient (Wildman–Crippen LogP) is 2.57. The van der Waals surface area contributed by atoms with Crippen LogP contribution >= 0.6 is 24.0 Å². The molecule has 0 spiro atoms. The van der Waals surface area contributed by atoms with Crippen molar-refractivity contribution < 1.29 is 9.53 Å². The van der Waals surface area contributed by atoms with Crippen molar-refractivity contribution in [3.63, 3.8) is 0 Å². The zero-order chi connectivity index (χ0) is 15.4. The number of piperidine rings is 1. The number of ether oxygens (including phenoxy) is 1. The molecule has 0 saturated carbocycles. The number of carbonyl (C=O) groups is 1. The molecule has 0 aromatic carbocycles. The molecule has 2 aliphatic rings. The van der Waals surface area contributed by atoms with Gasteiger partial charge in [0.15, 0.2) is 0 Å². The summed E-state index contributed by atoms with van der Waals surface area (Å²) >= 11 is 7.28. The fraction of sp³-hybridized carbons (Fsp3) is 0.857. The molecule has 7 heteroatoms. The van der Waals surface area contributed by atoms with Gasteiger partial charge in [-0.25, -0.2) is 4.79 Å². The molecule has 2 aliphatic heterocycles. The second-order valence-electron chi connectivity index (χ2n) is 5.75. The minimum atomic E-state index is -0.185. The SMILES string of the molecule is CCOC(=O)N1CCC(N2CN(C(C)C)CSC2=S)CC1. The van der Waals surface area contributed by atoms with Crippen LogP contribution in [0.2, 0.25) is 0 Å². The summed E-state index contributed by atoms with van der Waals surface area (Å²) < 4.78 is 6.07. The summed E-state index contributed by atoms with van der Waals surface area (Å²) in [6.45, 7) is 9.15. The first-order valence-electron chi connectivity index (χ1n) is 7.62. The minimum absolute atomic E-state index is 0.185. The van der Waals surface area contributed by atoms with Crippen molar-refractivity contribution in [2.45, 2.75) is 45.7 Å². The summed E-state index contributed by atoms with van der Waals surface area (Å²) in [5.41, 5.74) is 0. The Balaban J connectivity index is 1.88. The number of thioether (sulfide) groups is 1. The Kier molecular flexibility index (Phi) is 6.13. The molecule has 0 aromatic heterocycles. The van der Waals surface area contributed by atoms with E-state index in [2.05, 4.69) is 23.6 Å². The Hall–Kier alpha value is -0.530. The molecule has 0 aromatic rings. The van der Waals surface area contributed by atoms with Crippen LogP contribution in [-0.2, 0) is 4.74 Å². The summed E-state index contributed by atoms with van der Waals surface area (Å²) in [6.07, 6.45) is 1.74. The fourth-order valence-corrected chi connectivity index (χ4v) is 4.06. The molecule has 2 fully saturated rings. The van der Waals surface area contributed by atoms with E-state index in [1.165, 1.54) is 0 Å². The molecule has 0 radical (unpaired) electrons. The van der Waals surface area contributed by atoms with Gasteiger partial charge in [-0.1, -0.05) is 24.0 Å². The smallest absolute Gasteiger partial charge is 0.409 e. The van der Waals surface area contributed by atoms with Gasteiger partial charge in [-0.05, 0) is 33.6 Å². The molecule has 0 atom stereocenters. The van der Waals surface area contributed by atoms with Crippen LogP contribution in [0.25, 0.3) is 0 Å². The molecule has 120 valence electrons. The van der Waals surface area contributed by atoms with Crippen molar-refractivity contribution in [3.05, 3.63) is 0 Å². The number of likely N-dealkylation sites (tertiary alicyclic amines) is 1. The molecule has 2 rings (SSSR count). The molecule has 21 heavy (non-hydrogen) atoms. The maximum atomic E-state index is 11.7. The highest BCUT2D eigenvalue weighted by atomic mass is 32.2. The van der Waals surface area contributed by atoms with Crippen LogP contribution in [0.5, 0.6) is 0 Å². The molecule has 5 nitrogen and oxygen atoms in total. The second kappa shape index (κ2) is 7.65.